The van der Waals surface area contributed by atoms with Crippen molar-refractivity contribution in [2.24, 2.45) is 0 Å². The summed E-state index contributed by atoms with van der Waals surface area (Å²) < 4.78 is 48.3. The molecular formula is C8H7BF4N-. The van der Waals surface area contributed by atoms with Crippen molar-refractivity contribution in [2.75, 3.05) is 5.73 Å². The Bertz CT molecular complexity index is 359. The van der Waals surface area contributed by atoms with E-state index >= 15 is 0 Å². The van der Waals surface area contributed by atoms with Gasteiger partial charge >= 0.3 is 6.98 Å². The summed E-state index contributed by atoms with van der Waals surface area (Å²) in [5.74, 6) is -0.701. The van der Waals surface area contributed by atoms with Crippen LogP contribution in [-0.4, -0.2) is 6.98 Å². The van der Waals surface area contributed by atoms with E-state index in [2.05, 4.69) is 0 Å². The Morgan fingerprint density at radius 1 is 1.21 bits per heavy atom. The van der Waals surface area contributed by atoms with E-state index in [1.165, 1.54) is 6.07 Å². The molecule has 0 bridgehead atoms. The molecule has 14 heavy (non-hydrogen) atoms. The number of hydrogen-bond donors (Lipinski definition) is 1. The molecule has 0 saturated heterocycles. The molecule has 0 radical (unpaired) electrons. The highest BCUT2D eigenvalue weighted by molar-refractivity contribution is 6.64. The number of rotatable bonds is 2. The zero-order valence-corrected chi connectivity index (χ0v) is 7.05. The van der Waals surface area contributed by atoms with Crippen LogP contribution in [0.15, 0.2) is 24.2 Å². The molecule has 0 aliphatic heterocycles. The molecule has 0 amide bonds. The van der Waals surface area contributed by atoms with Crippen molar-refractivity contribution < 1.29 is 17.3 Å². The summed E-state index contributed by atoms with van der Waals surface area (Å²) in [4.78, 5) is 0. The summed E-state index contributed by atoms with van der Waals surface area (Å²) >= 11 is 0. The van der Waals surface area contributed by atoms with Crippen LogP contribution in [0.4, 0.5) is 23.0 Å². The van der Waals surface area contributed by atoms with E-state index in [0.717, 1.165) is 12.1 Å². The van der Waals surface area contributed by atoms with Gasteiger partial charge in [0.2, 0.25) is 0 Å². The summed E-state index contributed by atoms with van der Waals surface area (Å²) in [6, 6.07) is 3.46. The predicted octanol–water partition coefficient (Wildman–Crippen LogP) is 2.81. The van der Waals surface area contributed by atoms with Gasteiger partial charge in [-0.3, -0.25) is 0 Å². The summed E-state index contributed by atoms with van der Waals surface area (Å²) in [7, 11) is 0. The van der Waals surface area contributed by atoms with Crippen LogP contribution in [0.3, 0.4) is 0 Å². The Hall–Kier alpha value is -1.46. The van der Waals surface area contributed by atoms with E-state index < -0.39 is 12.8 Å². The van der Waals surface area contributed by atoms with Crippen molar-refractivity contribution in [1.82, 2.24) is 0 Å². The van der Waals surface area contributed by atoms with Gasteiger partial charge in [0.05, 0.1) is 0 Å². The lowest BCUT2D eigenvalue weighted by Gasteiger charge is -2.06. The highest BCUT2D eigenvalue weighted by Gasteiger charge is 2.17. The first-order valence-electron chi connectivity index (χ1n) is 3.83. The maximum absolute atomic E-state index is 12.9. The van der Waals surface area contributed by atoms with Crippen molar-refractivity contribution in [3.05, 3.63) is 35.6 Å². The molecule has 0 aliphatic rings. The topological polar surface area (TPSA) is 26.0 Å². The van der Waals surface area contributed by atoms with Crippen LogP contribution in [0.2, 0.25) is 0 Å². The molecule has 0 saturated carbocycles. The Labute approximate surface area is 78.3 Å². The van der Waals surface area contributed by atoms with Crippen LogP contribution in [-0.2, 0) is 0 Å². The number of halogens is 4. The number of nitrogen functional groups attached to an aromatic ring is 1. The summed E-state index contributed by atoms with van der Waals surface area (Å²) in [6.07, 6.45) is 0.672. The highest BCUT2D eigenvalue weighted by Crippen LogP contribution is 2.17. The second kappa shape index (κ2) is 3.73. The van der Waals surface area contributed by atoms with Crippen LogP contribution >= 0.6 is 0 Å². The number of hydrogen-bond acceptors (Lipinski definition) is 1. The SMILES string of the molecule is Nc1ccc(F)c(/C=C/[B-](F)(F)F)c1. The zero-order chi connectivity index (χ0) is 10.8. The Morgan fingerprint density at radius 2 is 1.86 bits per heavy atom. The third-order valence-electron chi connectivity index (χ3n) is 1.51. The van der Waals surface area contributed by atoms with Gasteiger partial charge in [0, 0.05) is 11.3 Å². The minimum Gasteiger partial charge on any atom is -0.445 e. The molecule has 0 fully saturated rings. The molecule has 1 aromatic rings. The van der Waals surface area contributed by atoms with Gasteiger partial charge in [0.1, 0.15) is 5.82 Å². The minimum atomic E-state index is -5.04. The normalized spacial score (nSPS) is 12.3. The van der Waals surface area contributed by atoms with Gasteiger partial charge in [0.25, 0.3) is 0 Å². The van der Waals surface area contributed by atoms with E-state index in [9.17, 15) is 17.3 Å². The van der Waals surface area contributed by atoms with Gasteiger partial charge in [0.15, 0.2) is 0 Å². The molecule has 76 valence electrons. The van der Waals surface area contributed by atoms with Crippen LogP contribution in [0, 0.1) is 5.82 Å². The molecule has 2 N–H and O–H groups in total. The predicted molar refractivity (Wildman–Crippen MR) is 48.9 cm³/mol. The smallest absolute Gasteiger partial charge is 0.445 e. The highest BCUT2D eigenvalue weighted by atomic mass is 19.4. The van der Waals surface area contributed by atoms with E-state index in [4.69, 9.17) is 5.73 Å². The first kappa shape index (κ1) is 10.6. The maximum Gasteiger partial charge on any atom is 0.502 e. The van der Waals surface area contributed by atoms with Crippen molar-refractivity contribution in [1.29, 1.82) is 0 Å². The van der Waals surface area contributed by atoms with Crippen molar-refractivity contribution in [3.63, 3.8) is 0 Å². The van der Waals surface area contributed by atoms with Gasteiger partial charge in [-0.05, 0) is 18.2 Å². The molecule has 0 aliphatic carbocycles. The molecule has 0 aromatic heterocycles. The molecule has 0 atom stereocenters. The third kappa shape index (κ3) is 3.12. The first-order valence-corrected chi connectivity index (χ1v) is 3.83. The zero-order valence-electron chi connectivity index (χ0n) is 7.05. The lowest BCUT2D eigenvalue weighted by Crippen LogP contribution is -2.09. The maximum atomic E-state index is 12.9. The summed E-state index contributed by atoms with van der Waals surface area (Å²) in [5.41, 5.74) is 5.35. The van der Waals surface area contributed by atoms with Crippen LogP contribution < -0.4 is 5.73 Å². The Kier molecular flexibility index (Phi) is 2.83. The van der Waals surface area contributed by atoms with Crippen LogP contribution in [0.25, 0.3) is 6.08 Å². The minimum absolute atomic E-state index is 0.0256. The van der Waals surface area contributed by atoms with E-state index in [1.807, 2.05) is 0 Å². The average Bonchev–Trinajstić information content (AvgIpc) is 2.05. The molecule has 0 unspecified atom stereocenters. The lowest BCUT2D eigenvalue weighted by atomic mass is 9.90. The van der Waals surface area contributed by atoms with Gasteiger partial charge < -0.3 is 18.7 Å². The van der Waals surface area contributed by atoms with Gasteiger partial charge in [-0.25, -0.2) is 4.39 Å². The van der Waals surface area contributed by atoms with Crippen molar-refractivity contribution in [2.45, 2.75) is 0 Å². The molecule has 1 nitrogen and oxygen atoms in total. The standard InChI is InChI=1S/C8H7BF4N/c10-8-2-1-7(14)5-6(8)3-4-9(11,12)13/h1-5H,14H2/q-1/b4-3+. The fourth-order valence-corrected chi connectivity index (χ4v) is 0.903. The molecule has 1 rings (SSSR count). The van der Waals surface area contributed by atoms with Crippen LogP contribution in [0.1, 0.15) is 5.56 Å². The quantitative estimate of drug-likeness (QED) is 0.447. The second-order valence-electron chi connectivity index (χ2n) is 2.77. The Balaban J connectivity index is 2.97. The largest absolute Gasteiger partial charge is 0.502 e. The van der Waals surface area contributed by atoms with Gasteiger partial charge in [-0.1, -0.05) is 6.08 Å². The fourth-order valence-electron chi connectivity index (χ4n) is 0.903. The molecular weight excluding hydrogens is 197 g/mol. The third-order valence-corrected chi connectivity index (χ3v) is 1.51. The summed E-state index contributed by atoms with van der Waals surface area (Å²) in [6.45, 7) is -5.04. The number of anilines is 1. The lowest BCUT2D eigenvalue weighted by molar-refractivity contribution is 0.499. The fraction of sp³-hybridized carbons (Fsp3) is 0. The van der Waals surface area contributed by atoms with E-state index in [0.29, 0.717) is 6.08 Å². The Morgan fingerprint density at radius 3 is 2.43 bits per heavy atom. The molecule has 6 heteroatoms. The van der Waals surface area contributed by atoms with Crippen molar-refractivity contribution >= 4 is 18.7 Å². The summed E-state index contributed by atoms with van der Waals surface area (Å²) in [5, 5.41) is 0. The molecule has 1 aromatic carbocycles. The molecule has 0 heterocycles. The second-order valence-corrected chi connectivity index (χ2v) is 2.77. The van der Waals surface area contributed by atoms with Gasteiger partial charge in [-0.15, -0.1) is 5.98 Å². The molecule has 0 spiro atoms. The van der Waals surface area contributed by atoms with E-state index in [1.54, 1.807) is 0 Å². The number of nitrogens with two attached hydrogens (primary N) is 1. The van der Waals surface area contributed by atoms with Gasteiger partial charge in [-0.2, -0.15) is 0 Å². The monoisotopic (exact) mass is 204 g/mol. The van der Waals surface area contributed by atoms with E-state index in [-0.39, 0.29) is 17.2 Å². The average molecular weight is 204 g/mol. The van der Waals surface area contributed by atoms with Crippen LogP contribution in [0.5, 0.6) is 0 Å². The first-order chi connectivity index (χ1) is 6.38. The van der Waals surface area contributed by atoms with Crippen molar-refractivity contribution in [3.8, 4) is 0 Å². The number of benzene rings is 1.